The van der Waals surface area contributed by atoms with Gasteiger partial charge in [-0.25, -0.2) is 0 Å². The van der Waals surface area contributed by atoms with E-state index in [0.29, 0.717) is 22.1 Å². The molecule has 1 atom stereocenters. The van der Waals surface area contributed by atoms with E-state index in [4.69, 9.17) is 21.1 Å². The molecule has 0 radical (unpaired) electrons. The van der Waals surface area contributed by atoms with Gasteiger partial charge in [-0.2, -0.15) is 0 Å². The highest BCUT2D eigenvalue weighted by Crippen LogP contribution is 2.39. The van der Waals surface area contributed by atoms with Gasteiger partial charge < -0.3 is 14.6 Å². The summed E-state index contributed by atoms with van der Waals surface area (Å²) in [7, 11) is 3.14. The molecule has 0 aliphatic rings. The Morgan fingerprint density at radius 2 is 1.76 bits per heavy atom. The summed E-state index contributed by atoms with van der Waals surface area (Å²) in [4.78, 5) is 0. The van der Waals surface area contributed by atoms with Crippen molar-refractivity contribution in [1.82, 2.24) is 0 Å². The molecule has 2 aromatic rings. The van der Waals surface area contributed by atoms with E-state index in [1.54, 1.807) is 38.5 Å². The summed E-state index contributed by atoms with van der Waals surface area (Å²) in [6.07, 6.45) is -0.854. The van der Waals surface area contributed by atoms with E-state index < -0.39 is 6.10 Å². The molecule has 2 rings (SSSR count). The van der Waals surface area contributed by atoms with Crippen LogP contribution in [0.3, 0.4) is 0 Å². The largest absolute Gasteiger partial charge is 0.496 e. The highest BCUT2D eigenvalue weighted by atomic mass is 127. The van der Waals surface area contributed by atoms with Crippen LogP contribution in [0.15, 0.2) is 34.8 Å². The van der Waals surface area contributed by atoms with Crippen molar-refractivity contribution in [1.29, 1.82) is 0 Å². The lowest BCUT2D eigenvalue weighted by atomic mass is 10.0. The molecule has 1 unspecified atom stereocenters. The normalized spacial score (nSPS) is 12.1. The third-order valence-corrected chi connectivity index (χ3v) is 4.89. The Balaban J connectivity index is 2.56. The number of rotatable bonds is 4. The fraction of sp³-hybridized carbons (Fsp3) is 0.200. The van der Waals surface area contributed by atoms with Crippen LogP contribution in [-0.2, 0) is 0 Å². The highest BCUT2D eigenvalue weighted by Gasteiger charge is 2.20. The Bertz CT molecular complexity index is 664. The number of hydrogen-bond acceptors (Lipinski definition) is 3. The minimum atomic E-state index is -0.854. The van der Waals surface area contributed by atoms with Gasteiger partial charge >= 0.3 is 0 Å². The standard InChI is InChI=1S/C15H13BrClIO3/c1-20-13-7-11(16)14(21-2)6-10(13)15(19)9-5-8(17)3-4-12(9)18/h3-7,15,19H,1-2H3. The van der Waals surface area contributed by atoms with Crippen LogP contribution in [0.5, 0.6) is 11.5 Å². The Morgan fingerprint density at radius 1 is 1.10 bits per heavy atom. The lowest BCUT2D eigenvalue weighted by Gasteiger charge is -2.18. The van der Waals surface area contributed by atoms with Crippen molar-refractivity contribution in [2.45, 2.75) is 6.10 Å². The van der Waals surface area contributed by atoms with Crippen LogP contribution in [0.25, 0.3) is 0 Å². The molecule has 2 aromatic carbocycles. The van der Waals surface area contributed by atoms with Crippen molar-refractivity contribution < 1.29 is 14.6 Å². The molecule has 6 heteroatoms. The molecule has 0 amide bonds. The molecule has 21 heavy (non-hydrogen) atoms. The van der Waals surface area contributed by atoms with Crippen molar-refractivity contribution in [2.24, 2.45) is 0 Å². The number of methoxy groups -OCH3 is 2. The second-order valence-corrected chi connectivity index (χ2v) is 6.75. The van der Waals surface area contributed by atoms with Gasteiger partial charge in [0.15, 0.2) is 0 Å². The molecule has 0 fully saturated rings. The van der Waals surface area contributed by atoms with Crippen LogP contribution in [0.4, 0.5) is 0 Å². The Labute approximate surface area is 150 Å². The highest BCUT2D eigenvalue weighted by molar-refractivity contribution is 14.1. The third-order valence-electron chi connectivity index (χ3n) is 3.05. The number of benzene rings is 2. The van der Waals surface area contributed by atoms with Crippen LogP contribution in [0, 0.1) is 3.57 Å². The number of hydrogen-bond donors (Lipinski definition) is 1. The second-order valence-electron chi connectivity index (χ2n) is 4.30. The van der Waals surface area contributed by atoms with Crippen LogP contribution < -0.4 is 9.47 Å². The first-order valence-electron chi connectivity index (χ1n) is 6.02. The first-order chi connectivity index (χ1) is 9.97. The molecule has 0 aliphatic carbocycles. The summed E-state index contributed by atoms with van der Waals surface area (Å²) in [6.45, 7) is 0. The van der Waals surface area contributed by atoms with Crippen LogP contribution in [-0.4, -0.2) is 19.3 Å². The van der Waals surface area contributed by atoms with Gasteiger partial charge in [0.2, 0.25) is 0 Å². The smallest absolute Gasteiger partial charge is 0.133 e. The maximum atomic E-state index is 10.7. The van der Waals surface area contributed by atoms with Crippen molar-refractivity contribution >= 4 is 50.1 Å². The average molecular weight is 484 g/mol. The molecule has 0 spiro atoms. The lowest BCUT2D eigenvalue weighted by Crippen LogP contribution is -2.05. The monoisotopic (exact) mass is 482 g/mol. The zero-order valence-corrected chi connectivity index (χ0v) is 15.9. The van der Waals surface area contributed by atoms with Gasteiger partial charge in [0.25, 0.3) is 0 Å². The molecule has 3 nitrogen and oxygen atoms in total. The van der Waals surface area contributed by atoms with Gasteiger partial charge in [-0.15, -0.1) is 0 Å². The van der Waals surface area contributed by atoms with E-state index in [2.05, 4.69) is 38.5 Å². The van der Waals surface area contributed by atoms with Crippen molar-refractivity contribution in [3.8, 4) is 11.5 Å². The summed E-state index contributed by atoms with van der Waals surface area (Å²) in [5.41, 5.74) is 1.35. The van der Waals surface area contributed by atoms with Crippen molar-refractivity contribution in [2.75, 3.05) is 14.2 Å². The van der Waals surface area contributed by atoms with Crippen molar-refractivity contribution in [3.63, 3.8) is 0 Å². The summed E-state index contributed by atoms with van der Waals surface area (Å²) >= 11 is 11.6. The zero-order chi connectivity index (χ0) is 15.6. The molecule has 112 valence electrons. The first kappa shape index (κ1) is 16.9. The number of aliphatic hydroxyl groups is 1. The Kier molecular flexibility index (Phi) is 5.76. The minimum Gasteiger partial charge on any atom is -0.496 e. The molecule has 0 saturated carbocycles. The quantitative estimate of drug-likeness (QED) is 0.635. The van der Waals surface area contributed by atoms with Gasteiger partial charge in [0.05, 0.1) is 18.7 Å². The molecule has 1 N–H and O–H groups in total. The van der Waals surface area contributed by atoms with E-state index in [-0.39, 0.29) is 0 Å². The molecule has 0 saturated heterocycles. The van der Waals surface area contributed by atoms with Crippen LogP contribution >= 0.6 is 50.1 Å². The summed E-state index contributed by atoms with van der Waals surface area (Å²) in [5, 5.41) is 11.3. The second kappa shape index (κ2) is 7.17. The van der Waals surface area contributed by atoms with Gasteiger partial charge in [-0.1, -0.05) is 11.6 Å². The van der Waals surface area contributed by atoms with Gasteiger partial charge in [0, 0.05) is 14.2 Å². The fourth-order valence-electron chi connectivity index (χ4n) is 1.99. The van der Waals surface area contributed by atoms with Crippen LogP contribution in [0.1, 0.15) is 17.2 Å². The van der Waals surface area contributed by atoms with E-state index in [1.807, 2.05) is 6.07 Å². The zero-order valence-electron chi connectivity index (χ0n) is 11.4. The summed E-state index contributed by atoms with van der Waals surface area (Å²) in [6, 6.07) is 8.93. The Hall–Kier alpha value is -0.500. The lowest BCUT2D eigenvalue weighted by molar-refractivity contribution is 0.213. The SMILES string of the molecule is COc1cc(C(O)c2cc(Cl)ccc2I)c(OC)cc1Br. The van der Waals surface area contributed by atoms with Crippen molar-refractivity contribution in [3.05, 3.63) is 54.5 Å². The molecular formula is C15H13BrClIO3. The molecule has 0 bridgehead atoms. The summed E-state index contributed by atoms with van der Waals surface area (Å²) in [5.74, 6) is 1.20. The Morgan fingerprint density at radius 3 is 2.38 bits per heavy atom. The van der Waals surface area contributed by atoms with Crippen LogP contribution in [0.2, 0.25) is 5.02 Å². The number of halogens is 3. The van der Waals surface area contributed by atoms with Gasteiger partial charge in [0.1, 0.15) is 17.6 Å². The number of ether oxygens (including phenoxy) is 2. The predicted molar refractivity (Wildman–Crippen MR) is 95.5 cm³/mol. The molecule has 0 aromatic heterocycles. The van der Waals surface area contributed by atoms with Gasteiger partial charge in [-0.05, 0) is 74.4 Å². The van der Waals surface area contributed by atoms with E-state index >= 15 is 0 Å². The van der Waals surface area contributed by atoms with E-state index in [9.17, 15) is 5.11 Å². The van der Waals surface area contributed by atoms with E-state index in [1.165, 1.54) is 0 Å². The third kappa shape index (κ3) is 3.64. The summed E-state index contributed by atoms with van der Waals surface area (Å²) < 4.78 is 12.3. The average Bonchev–Trinajstić information content (AvgIpc) is 2.48. The maximum absolute atomic E-state index is 10.7. The maximum Gasteiger partial charge on any atom is 0.133 e. The molecule has 0 aliphatic heterocycles. The van der Waals surface area contributed by atoms with Gasteiger partial charge in [-0.3, -0.25) is 0 Å². The fourth-order valence-corrected chi connectivity index (χ4v) is 3.28. The molecule has 0 heterocycles. The number of aliphatic hydroxyl groups excluding tert-OH is 1. The minimum absolute atomic E-state index is 0.575. The van der Waals surface area contributed by atoms with E-state index in [0.717, 1.165) is 13.6 Å². The predicted octanol–water partition coefficient (Wildman–Crippen LogP) is 4.81. The first-order valence-corrected chi connectivity index (χ1v) is 8.27. The topological polar surface area (TPSA) is 38.7 Å². The molecular weight excluding hydrogens is 470 g/mol.